The lowest BCUT2D eigenvalue weighted by Crippen LogP contribution is -2.51. The molecule has 1 aromatic carbocycles. The van der Waals surface area contributed by atoms with Crippen LogP contribution < -0.4 is 0 Å². The fourth-order valence-corrected chi connectivity index (χ4v) is 6.65. The number of halogens is 3. The molecule has 37 heavy (non-hydrogen) atoms. The van der Waals surface area contributed by atoms with Crippen LogP contribution in [-0.4, -0.2) is 59.0 Å². The van der Waals surface area contributed by atoms with Crippen molar-refractivity contribution >= 4 is 11.6 Å². The molecule has 0 spiro atoms. The van der Waals surface area contributed by atoms with Gasteiger partial charge < -0.3 is 5.11 Å². The van der Waals surface area contributed by atoms with Crippen LogP contribution in [-0.2, 0) is 21.0 Å². The van der Waals surface area contributed by atoms with Gasteiger partial charge in [-0.1, -0.05) is 42.8 Å². The molecule has 1 saturated carbocycles. The maximum atomic E-state index is 16.3. The lowest BCUT2D eigenvalue weighted by molar-refractivity contribution is -0.219. The van der Waals surface area contributed by atoms with E-state index in [0.29, 0.717) is 19.5 Å². The summed E-state index contributed by atoms with van der Waals surface area (Å²) in [5.74, 6) is -3.63. The third kappa shape index (κ3) is 5.20. The van der Waals surface area contributed by atoms with Crippen LogP contribution in [0.5, 0.6) is 0 Å². The number of hydrogen-bond acceptors (Lipinski definition) is 5. The summed E-state index contributed by atoms with van der Waals surface area (Å²) in [6.07, 6.45) is 1.99. The second-order valence-electron chi connectivity index (χ2n) is 11.0. The van der Waals surface area contributed by atoms with E-state index in [-0.39, 0.29) is 18.4 Å². The van der Waals surface area contributed by atoms with Crippen LogP contribution in [0.1, 0.15) is 44.2 Å². The Bertz CT molecular complexity index is 1070. The van der Waals surface area contributed by atoms with Crippen molar-refractivity contribution in [3.63, 3.8) is 0 Å². The highest BCUT2D eigenvalue weighted by Gasteiger charge is 2.66. The summed E-state index contributed by atoms with van der Waals surface area (Å²) in [6, 6.07) is 7.90. The molecule has 1 aliphatic heterocycles. The summed E-state index contributed by atoms with van der Waals surface area (Å²) in [4.78, 5) is 31.4. The van der Waals surface area contributed by atoms with Crippen molar-refractivity contribution in [3.05, 3.63) is 59.2 Å². The van der Waals surface area contributed by atoms with Gasteiger partial charge in [0, 0.05) is 31.3 Å². The molecule has 4 rings (SSSR count). The largest absolute Gasteiger partial charge is 0.393 e. The summed E-state index contributed by atoms with van der Waals surface area (Å²) >= 11 is 0. The van der Waals surface area contributed by atoms with E-state index in [1.807, 2.05) is 31.2 Å². The summed E-state index contributed by atoms with van der Waals surface area (Å²) in [7, 11) is 0. The Morgan fingerprint density at radius 3 is 2.57 bits per heavy atom. The highest BCUT2D eigenvalue weighted by molar-refractivity contribution is 5.99. The minimum absolute atomic E-state index is 0.183. The second kappa shape index (κ2) is 10.8. The molecule has 0 bridgehead atoms. The van der Waals surface area contributed by atoms with E-state index in [2.05, 4.69) is 0 Å². The lowest BCUT2D eigenvalue weighted by Gasteiger charge is -2.41. The monoisotopic (exact) mass is 519 g/mol. The minimum atomic E-state index is -2.21. The molecule has 2 aliphatic carbocycles. The summed E-state index contributed by atoms with van der Waals surface area (Å²) in [5, 5.41) is 11.8. The predicted molar refractivity (Wildman–Crippen MR) is 134 cm³/mol. The van der Waals surface area contributed by atoms with Crippen LogP contribution in [0.3, 0.4) is 0 Å². The minimum Gasteiger partial charge on any atom is -0.393 e. The molecule has 7 unspecified atom stereocenters. The number of fused-ring (bicyclic) bond motifs is 1. The normalized spacial score (nSPS) is 36.9. The maximum Gasteiger partial charge on any atom is 0.198 e. The topological polar surface area (TPSA) is 66.8 Å². The number of alkyl halides is 3. The first kappa shape index (κ1) is 27.7. The number of aliphatic hydroxyl groups is 1. The fourth-order valence-electron chi connectivity index (χ4n) is 6.65. The molecule has 0 aromatic heterocycles. The third-order valence-electron chi connectivity index (χ3n) is 8.73. The Balaban J connectivity index is 1.64. The standard InChI is InChI=1S/C29H36F3NO4/c1-18-6-8-21(9-7-18)15-33-16-22-12-24(20(3)29(22,37-33)27(36)14-30)25-13-26(31)19(2)11-23(35)5-4-10-28(25,32)17-34/h4-9,11,20,22,24-26,34H,10,12-17H2,1-3H3. The van der Waals surface area contributed by atoms with E-state index in [0.717, 1.165) is 11.1 Å². The highest BCUT2D eigenvalue weighted by atomic mass is 19.1. The molecule has 0 amide bonds. The van der Waals surface area contributed by atoms with Gasteiger partial charge in [0.05, 0.1) is 6.61 Å². The first-order valence-corrected chi connectivity index (χ1v) is 13.0. The number of Topliss-reactive ketones (excluding diaryl/α,β-unsaturated/α-hetero) is 1. The predicted octanol–water partition coefficient (Wildman–Crippen LogP) is 4.81. The average molecular weight is 520 g/mol. The van der Waals surface area contributed by atoms with Crippen molar-refractivity contribution in [2.24, 2.45) is 23.7 Å². The number of benzene rings is 1. The van der Waals surface area contributed by atoms with Gasteiger partial charge in [-0.3, -0.25) is 14.4 Å². The smallest absolute Gasteiger partial charge is 0.198 e. The number of nitrogens with zero attached hydrogens (tertiary/aromatic N) is 1. The molecule has 2 fully saturated rings. The van der Waals surface area contributed by atoms with Crippen molar-refractivity contribution in [2.45, 2.75) is 64.0 Å². The van der Waals surface area contributed by atoms with Crippen LogP contribution in [0.25, 0.3) is 0 Å². The number of rotatable bonds is 6. The number of ketones is 2. The number of carbonyl (C=O) groups is 2. The van der Waals surface area contributed by atoms with Crippen molar-refractivity contribution in [1.82, 2.24) is 5.06 Å². The SMILES string of the molecule is CC1=CC(=O)C=CCC(F)(CO)C(C2CC3CN(Cc4ccc(C)cc4)OC3(C(=O)CF)C2C)CC1F. The van der Waals surface area contributed by atoms with Crippen molar-refractivity contribution in [2.75, 3.05) is 19.8 Å². The van der Waals surface area contributed by atoms with E-state index in [9.17, 15) is 19.1 Å². The molecule has 3 aliphatic rings. The molecule has 7 atom stereocenters. The van der Waals surface area contributed by atoms with E-state index in [1.54, 1.807) is 12.0 Å². The number of hydroxylamine groups is 2. The Hall–Kier alpha value is -2.29. The quantitative estimate of drug-likeness (QED) is 0.584. The van der Waals surface area contributed by atoms with Crippen molar-refractivity contribution in [3.8, 4) is 0 Å². The summed E-state index contributed by atoms with van der Waals surface area (Å²) < 4.78 is 45.6. The van der Waals surface area contributed by atoms with E-state index >= 15 is 8.78 Å². The molecule has 0 radical (unpaired) electrons. The Labute approximate surface area is 216 Å². The zero-order chi connectivity index (χ0) is 27.0. The van der Waals surface area contributed by atoms with E-state index in [4.69, 9.17) is 4.84 Å². The summed E-state index contributed by atoms with van der Waals surface area (Å²) in [5.41, 5.74) is -1.40. The van der Waals surface area contributed by atoms with Gasteiger partial charge in [-0.05, 0) is 61.8 Å². The van der Waals surface area contributed by atoms with Gasteiger partial charge in [-0.15, -0.1) is 0 Å². The fraction of sp³-hybridized carbons (Fsp3) is 0.586. The third-order valence-corrected chi connectivity index (χ3v) is 8.73. The maximum absolute atomic E-state index is 16.3. The van der Waals surface area contributed by atoms with Gasteiger partial charge in [0.1, 0.15) is 11.8 Å². The molecule has 1 aromatic rings. The average Bonchev–Trinajstić information content (AvgIpc) is 3.36. The molecule has 1 heterocycles. The van der Waals surface area contributed by atoms with Crippen LogP contribution in [0.15, 0.2) is 48.1 Å². The van der Waals surface area contributed by atoms with Gasteiger partial charge in [0.2, 0.25) is 0 Å². The number of hydrogen-bond donors (Lipinski definition) is 1. The van der Waals surface area contributed by atoms with Gasteiger partial charge in [0.15, 0.2) is 23.8 Å². The van der Waals surface area contributed by atoms with Gasteiger partial charge in [-0.25, -0.2) is 13.2 Å². The molecule has 5 nitrogen and oxygen atoms in total. The molecule has 1 saturated heterocycles. The molecule has 1 N–H and O–H groups in total. The van der Waals surface area contributed by atoms with Crippen LogP contribution in [0.2, 0.25) is 0 Å². The Kier molecular flexibility index (Phi) is 8.12. The Morgan fingerprint density at radius 1 is 1.22 bits per heavy atom. The van der Waals surface area contributed by atoms with Crippen molar-refractivity contribution in [1.29, 1.82) is 0 Å². The lowest BCUT2D eigenvalue weighted by atomic mass is 9.69. The van der Waals surface area contributed by atoms with Crippen LogP contribution in [0, 0.1) is 30.6 Å². The molecule has 8 heteroatoms. The first-order valence-electron chi connectivity index (χ1n) is 13.0. The van der Waals surface area contributed by atoms with Gasteiger partial charge >= 0.3 is 0 Å². The Morgan fingerprint density at radius 2 is 1.92 bits per heavy atom. The van der Waals surface area contributed by atoms with Gasteiger partial charge in [0.25, 0.3) is 0 Å². The summed E-state index contributed by atoms with van der Waals surface area (Å²) in [6.45, 7) is 3.93. The zero-order valence-electron chi connectivity index (χ0n) is 21.6. The number of carbonyl (C=O) groups excluding carboxylic acids is 2. The highest BCUT2D eigenvalue weighted by Crippen LogP contribution is 2.57. The first-order chi connectivity index (χ1) is 17.5. The molecular formula is C29H36F3NO4. The second-order valence-corrected chi connectivity index (χ2v) is 11.0. The van der Waals surface area contributed by atoms with Gasteiger partial charge in [-0.2, -0.15) is 5.06 Å². The van der Waals surface area contributed by atoms with Crippen molar-refractivity contribution < 1.29 is 32.7 Å². The number of aliphatic hydroxyl groups excluding tert-OH is 1. The van der Waals surface area contributed by atoms with Crippen LogP contribution in [0.4, 0.5) is 13.2 Å². The van der Waals surface area contributed by atoms with E-state index < -0.39 is 66.0 Å². The van der Waals surface area contributed by atoms with Crippen LogP contribution >= 0.6 is 0 Å². The molecular weight excluding hydrogens is 483 g/mol. The molecule has 202 valence electrons. The number of aryl methyl sites for hydroxylation is 1. The van der Waals surface area contributed by atoms with E-state index in [1.165, 1.54) is 25.2 Å². The number of allylic oxidation sites excluding steroid dienone is 4. The zero-order valence-corrected chi connectivity index (χ0v) is 21.6.